The van der Waals surface area contributed by atoms with E-state index < -0.39 is 7.60 Å². The summed E-state index contributed by atoms with van der Waals surface area (Å²) in [7, 11) is -3.06. The van der Waals surface area contributed by atoms with Gasteiger partial charge in [0, 0.05) is 0 Å². The van der Waals surface area contributed by atoms with Crippen LogP contribution < -0.4 is 10.1 Å². The molecule has 0 fully saturated rings. The maximum absolute atomic E-state index is 12.3. The molecule has 20 heavy (non-hydrogen) atoms. The second-order valence-electron chi connectivity index (χ2n) is 5.11. The number of anilines is 1. The van der Waals surface area contributed by atoms with Gasteiger partial charge in [-0.25, -0.2) is 0 Å². The highest BCUT2D eigenvalue weighted by Gasteiger charge is 2.23. The summed E-state index contributed by atoms with van der Waals surface area (Å²) in [4.78, 5) is 0. The number of hydrogen-bond acceptors (Lipinski definition) is 6. The Hall–Kier alpha value is -0.550. The fraction of sp³-hybridized carbons (Fsp3) is 0.692. The maximum Gasteiger partial charge on any atom is 0.349 e. The lowest BCUT2D eigenvalue weighted by molar-refractivity contribution is 0.136. The third kappa shape index (κ3) is 6.27. The van der Waals surface area contributed by atoms with Gasteiger partial charge < -0.3 is 19.1 Å². The normalized spacial score (nSPS) is 12.4. The van der Waals surface area contributed by atoms with Gasteiger partial charge in [-0.3, -0.25) is 4.57 Å². The summed E-state index contributed by atoms with van der Waals surface area (Å²) in [6.07, 6.45) is 0.157. The Kier molecular flexibility index (Phi) is 6.52. The zero-order valence-electron chi connectivity index (χ0n) is 12.8. The molecule has 0 bridgehead atoms. The van der Waals surface area contributed by atoms with Gasteiger partial charge in [0.05, 0.1) is 18.2 Å². The molecule has 1 rings (SSSR count). The Morgan fingerprint density at radius 2 is 1.80 bits per heavy atom. The average Bonchev–Trinajstić information content (AvgIpc) is 2.72. The fourth-order valence-electron chi connectivity index (χ4n) is 1.47. The van der Waals surface area contributed by atoms with Crippen molar-refractivity contribution in [1.82, 2.24) is 0 Å². The van der Waals surface area contributed by atoms with Crippen molar-refractivity contribution in [2.24, 2.45) is 0 Å². The quantitative estimate of drug-likeness (QED) is 0.711. The number of rotatable bonds is 8. The molecule has 0 spiro atoms. The lowest BCUT2D eigenvalue weighted by Crippen LogP contribution is -2.22. The van der Waals surface area contributed by atoms with E-state index in [9.17, 15) is 4.57 Å². The van der Waals surface area contributed by atoms with E-state index in [1.807, 2.05) is 32.9 Å². The van der Waals surface area contributed by atoms with Crippen LogP contribution in [0.4, 0.5) is 5.00 Å². The van der Waals surface area contributed by atoms with E-state index in [0.29, 0.717) is 13.2 Å². The second kappa shape index (κ2) is 7.46. The van der Waals surface area contributed by atoms with Crippen molar-refractivity contribution in [2.45, 2.75) is 40.2 Å². The van der Waals surface area contributed by atoms with Gasteiger partial charge in [0.1, 0.15) is 11.9 Å². The van der Waals surface area contributed by atoms with Crippen LogP contribution >= 0.6 is 18.9 Å². The largest absolute Gasteiger partial charge is 0.479 e. The van der Waals surface area contributed by atoms with E-state index in [1.54, 1.807) is 13.8 Å². The van der Waals surface area contributed by atoms with Gasteiger partial charge >= 0.3 is 7.60 Å². The lowest BCUT2D eigenvalue weighted by atomic mass is 10.2. The van der Waals surface area contributed by atoms with Crippen LogP contribution in [0.2, 0.25) is 0 Å². The Balaban J connectivity index is 2.58. The van der Waals surface area contributed by atoms with Gasteiger partial charge in [-0.15, -0.1) is 0 Å². The van der Waals surface area contributed by atoms with Crippen molar-refractivity contribution in [1.29, 1.82) is 0 Å². The van der Waals surface area contributed by atoms with E-state index >= 15 is 0 Å². The highest BCUT2D eigenvalue weighted by Crippen LogP contribution is 2.48. The Morgan fingerprint density at radius 3 is 2.30 bits per heavy atom. The molecule has 5 nitrogen and oxygen atoms in total. The van der Waals surface area contributed by atoms with E-state index in [-0.39, 0.29) is 11.9 Å². The second-order valence-corrected chi connectivity index (χ2v) is 8.22. The molecular weight excluding hydrogens is 297 g/mol. The maximum atomic E-state index is 12.3. The van der Waals surface area contributed by atoms with Gasteiger partial charge in [0.15, 0.2) is 5.06 Å². The summed E-state index contributed by atoms with van der Waals surface area (Å²) in [5.41, 5.74) is -0.228. The summed E-state index contributed by atoms with van der Waals surface area (Å²) in [6.45, 7) is 10.3. The average molecular weight is 321 g/mol. The van der Waals surface area contributed by atoms with Gasteiger partial charge in [0.2, 0.25) is 0 Å². The molecule has 0 aromatic carbocycles. The van der Waals surface area contributed by atoms with Gasteiger partial charge in [0.25, 0.3) is 0 Å². The highest BCUT2D eigenvalue weighted by molar-refractivity contribution is 7.54. The first-order chi connectivity index (χ1) is 9.28. The molecule has 7 heteroatoms. The van der Waals surface area contributed by atoms with Gasteiger partial charge in [-0.1, -0.05) is 11.3 Å². The predicted octanol–water partition coefficient (Wildman–Crippen LogP) is 4.56. The van der Waals surface area contributed by atoms with E-state index in [4.69, 9.17) is 13.8 Å². The van der Waals surface area contributed by atoms with Crippen molar-refractivity contribution < 1.29 is 18.3 Å². The Bertz CT molecular complexity index is 445. The molecule has 0 aliphatic rings. The predicted molar refractivity (Wildman–Crippen MR) is 84.0 cm³/mol. The summed E-state index contributed by atoms with van der Waals surface area (Å²) >= 11 is 1.47. The minimum Gasteiger partial charge on any atom is -0.479 e. The third-order valence-electron chi connectivity index (χ3n) is 2.09. The van der Waals surface area contributed by atoms with Gasteiger partial charge in [-0.2, -0.15) is 0 Å². The highest BCUT2D eigenvalue weighted by atomic mass is 32.1. The van der Waals surface area contributed by atoms with E-state index in [0.717, 1.165) is 10.1 Å². The zero-order valence-corrected chi connectivity index (χ0v) is 14.5. The van der Waals surface area contributed by atoms with Crippen molar-refractivity contribution in [3.63, 3.8) is 0 Å². The molecule has 0 aliphatic heterocycles. The van der Waals surface area contributed by atoms with Crippen LogP contribution in [0.3, 0.4) is 0 Å². The molecular formula is C13H24NO4PS. The van der Waals surface area contributed by atoms with Crippen LogP contribution in [0.1, 0.15) is 34.6 Å². The minimum absolute atomic E-state index is 0.157. The fourth-order valence-corrected chi connectivity index (χ4v) is 3.91. The Labute approximate surface area is 125 Å². The molecule has 0 radical (unpaired) electrons. The molecule has 116 valence electrons. The molecule has 0 unspecified atom stereocenters. The van der Waals surface area contributed by atoms with E-state index in [1.165, 1.54) is 11.3 Å². The molecule has 1 aromatic heterocycles. The molecule has 1 aromatic rings. The summed E-state index contributed by atoms with van der Waals surface area (Å²) in [6, 6.07) is 3.79. The first-order valence-electron chi connectivity index (χ1n) is 6.69. The topological polar surface area (TPSA) is 56.8 Å². The van der Waals surface area contributed by atoms with Crippen molar-refractivity contribution in [3.05, 3.63) is 12.1 Å². The van der Waals surface area contributed by atoms with Crippen LogP contribution in [-0.2, 0) is 13.6 Å². The van der Waals surface area contributed by atoms with Crippen molar-refractivity contribution in [2.75, 3.05) is 24.8 Å². The third-order valence-corrected chi connectivity index (χ3v) is 4.86. The summed E-state index contributed by atoms with van der Waals surface area (Å²) in [5, 5.41) is 4.79. The molecule has 0 saturated carbocycles. The van der Waals surface area contributed by atoms with Crippen LogP contribution in [0.25, 0.3) is 0 Å². The molecule has 1 N–H and O–H groups in total. The number of nitrogens with one attached hydrogen (secondary N) is 1. The summed E-state index contributed by atoms with van der Waals surface area (Å²) in [5.74, 6) is 0. The lowest BCUT2D eigenvalue weighted by Gasteiger charge is -2.19. The Morgan fingerprint density at radius 1 is 1.20 bits per heavy atom. The summed E-state index contributed by atoms with van der Waals surface area (Å²) < 4.78 is 28.5. The van der Waals surface area contributed by atoms with Crippen LogP contribution in [0.5, 0.6) is 5.06 Å². The van der Waals surface area contributed by atoms with Gasteiger partial charge in [-0.05, 0) is 46.8 Å². The number of hydrogen-bond donors (Lipinski definition) is 1. The SMILES string of the molecule is CCOP(=O)(CNc1ccc(OC(C)(C)C)s1)OCC. The minimum atomic E-state index is -3.06. The standard InChI is InChI=1S/C13H24NO4PS/c1-6-16-19(15,17-7-2)10-14-11-8-9-12(20-11)18-13(3,4)5/h8-9,14H,6-7,10H2,1-5H3. The first kappa shape index (κ1) is 17.5. The molecule has 0 aliphatic carbocycles. The molecule has 1 heterocycles. The molecule has 0 atom stereocenters. The molecule has 0 amide bonds. The van der Waals surface area contributed by atoms with Crippen molar-refractivity contribution >= 4 is 23.9 Å². The van der Waals surface area contributed by atoms with Crippen LogP contribution in [0.15, 0.2) is 12.1 Å². The van der Waals surface area contributed by atoms with Crippen LogP contribution in [0, 0.1) is 0 Å². The first-order valence-corrected chi connectivity index (χ1v) is 9.23. The van der Waals surface area contributed by atoms with Crippen LogP contribution in [-0.4, -0.2) is 25.1 Å². The monoisotopic (exact) mass is 321 g/mol. The number of thiophene rings is 1. The van der Waals surface area contributed by atoms with E-state index in [2.05, 4.69) is 5.32 Å². The molecule has 0 saturated heterocycles. The smallest absolute Gasteiger partial charge is 0.349 e. The van der Waals surface area contributed by atoms with Crippen molar-refractivity contribution in [3.8, 4) is 5.06 Å². The number of ether oxygens (including phenoxy) is 1. The zero-order chi connectivity index (χ0) is 15.2.